The predicted molar refractivity (Wildman–Crippen MR) is 56.3 cm³/mol. The van der Waals surface area contributed by atoms with E-state index < -0.39 is 12.6 Å². The molecule has 0 fully saturated rings. The minimum Gasteiger partial charge on any atom is -0.481 e. The van der Waals surface area contributed by atoms with Crippen LogP contribution in [0.25, 0.3) is 0 Å². The van der Waals surface area contributed by atoms with Crippen LogP contribution in [-0.2, 0) is 11.2 Å². The first-order valence-corrected chi connectivity index (χ1v) is 4.92. The molecule has 88 valence electrons. The van der Waals surface area contributed by atoms with Crippen LogP contribution in [0.15, 0.2) is 23.1 Å². The van der Waals surface area contributed by atoms with Gasteiger partial charge in [-0.05, 0) is 24.1 Å². The molecule has 0 amide bonds. The molecular weight excluding hydrogens is 238 g/mol. The minimum absolute atomic E-state index is 0.0116. The molecule has 0 aliphatic rings. The highest BCUT2D eigenvalue weighted by Crippen LogP contribution is 2.25. The Balaban J connectivity index is 2.70. The van der Waals surface area contributed by atoms with Crippen molar-refractivity contribution in [1.29, 1.82) is 0 Å². The lowest BCUT2D eigenvalue weighted by molar-refractivity contribution is -0.136. The number of hydrogen-bond acceptors (Lipinski definition) is 3. The molecule has 0 bridgehead atoms. The van der Waals surface area contributed by atoms with Gasteiger partial charge in [-0.2, -0.15) is 8.78 Å². The van der Waals surface area contributed by atoms with Crippen LogP contribution < -0.4 is 4.74 Å². The molecule has 0 atom stereocenters. The van der Waals surface area contributed by atoms with Crippen LogP contribution in [-0.4, -0.2) is 17.7 Å². The molecule has 0 saturated heterocycles. The highest BCUT2D eigenvalue weighted by molar-refractivity contribution is 7.80. The number of benzene rings is 1. The van der Waals surface area contributed by atoms with E-state index in [2.05, 4.69) is 17.4 Å². The zero-order chi connectivity index (χ0) is 12.1. The summed E-state index contributed by atoms with van der Waals surface area (Å²) in [6, 6.07) is 4.41. The number of halogens is 2. The SMILES string of the molecule is O=C(O)CCc1ccc(OC(F)F)c(S)c1. The van der Waals surface area contributed by atoms with Gasteiger partial charge in [-0.3, -0.25) is 4.79 Å². The maximum absolute atomic E-state index is 11.9. The summed E-state index contributed by atoms with van der Waals surface area (Å²) in [7, 11) is 0. The lowest BCUT2D eigenvalue weighted by Crippen LogP contribution is -2.03. The van der Waals surface area contributed by atoms with Crippen molar-refractivity contribution >= 4 is 18.6 Å². The van der Waals surface area contributed by atoms with E-state index >= 15 is 0 Å². The molecule has 1 rings (SSSR count). The summed E-state index contributed by atoms with van der Waals surface area (Å²) in [5, 5.41) is 8.47. The molecule has 1 aromatic rings. The van der Waals surface area contributed by atoms with Crippen LogP contribution in [0, 0.1) is 0 Å². The van der Waals surface area contributed by atoms with Crippen molar-refractivity contribution in [1.82, 2.24) is 0 Å². The van der Waals surface area contributed by atoms with E-state index in [-0.39, 0.29) is 17.1 Å². The first-order valence-electron chi connectivity index (χ1n) is 4.47. The largest absolute Gasteiger partial charge is 0.481 e. The number of carboxylic acids is 1. The Hall–Kier alpha value is -1.30. The summed E-state index contributed by atoms with van der Waals surface area (Å²) in [4.78, 5) is 10.6. The zero-order valence-corrected chi connectivity index (χ0v) is 9.08. The van der Waals surface area contributed by atoms with Gasteiger partial charge in [-0.1, -0.05) is 6.07 Å². The number of thiol groups is 1. The fourth-order valence-electron chi connectivity index (χ4n) is 1.17. The average Bonchev–Trinajstić information content (AvgIpc) is 2.18. The van der Waals surface area contributed by atoms with Crippen molar-refractivity contribution in [3.8, 4) is 5.75 Å². The van der Waals surface area contributed by atoms with E-state index in [1.54, 1.807) is 6.07 Å². The molecular formula is C10H10F2O3S. The lowest BCUT2D eigenvalue weighted by Gasteiger charge is -2.08. The average molecular weight is 248 g/mol. The Kier molecular flexibility index (Phi) is 4.54. The normalized spacial score (nSPS) is 10.5. The second kappa shape index (κ2) is 5.69. The van der Waals surface area contributed by atoms with Gasteiger partial charge in [-0.25, -0.2) is 0 Å². The van der Waals surface area contributed by atoms with Crippen LogP contribution >= 0.6 is 12.6 Å². The van der Waals surface area contributed by atoms with E-state index in [4.69, 9.17) is 5.11 Å². The molecule has 0 radical (unpaired) electrons. The summed E-state index contributed by atoms with van der Waals surface area (Å²) in [6.07, 6.45) is 0.320. The second-order valence-electron chi connectivity index (χ2n) is 3.07. The van der Waals surface area contributed by atoms with Crippen molar-refractivity contribution in [2.75, 3.05) is 0 Å². The zero-order valence-electron chi connectivity index (χ0n) is 8.19. The standard InChI is InChI=1S/C10H10F2O3S/c11-10(12)15-7-3-1-6(5-8(7)16)2-4-9(13)14/h1,3,5,10,16H,2,4H2,(H,13,14). The molecule has 3 nitrogen and oxygen atoms in total. The second-order valence-corrected chi connectivity index (χ2v) is 3.56. The number of aliphatic carboxylic acids is 1. The number of aryl methyl sites for hydroxylation is 1. The Bertz CT molecular complexity index is 382. The van der Waals surface area contributed by atoms with Crippen molar-refractivity contribution in [3.63, 3.8) is 0 Å². The van der Waals surface area contributed by atoms with Gasteiger partial charge >= 0.3 is 12.6 Å². The van der Waals surface area contributed by atoms with Gasteiger partial charge in [0, 0.05) is 11.3 Å². The van der Waals surface area contributed by atoms with E-state index in [1.807, 2.05) is 0 Å². The Morgan fingerprint density at radius 2 is 2.19 bits per heavy atom. The third-order valence-corrected chi connectivity index (χ3v) is 2.22. The summed E-state index contributed by atoms with van der Waals surface area (Å²) in [5.41, 5.74) is 0.717. The van der Waals surface area contributed by atoms with E-state index in [9.17, 15) is 13.6 Å². The number of ether oxygens (including phenoxy) is 1. The van der Waals surface area contributed by atoms with E-state index in [0.29, 0.717) is 12.0 Å². The Labute approximate surface area is 96.4 Å². The number of carbonyl (C=O) groups is 1. The van der Waals surface area contributed by atoms with Crippen LogP contribution in [0.5, 0.6) is 5.75 Å². The first kappa shape index (κ1) is 12.8. The molecule has 0 aliphatic heterocycles. The number of hydrogen-bond donors (Lipinski definition) is 2. The summed E-state index contributed by atoms with van der Waals surface area (Å²) in [6.45, 7) is -2.89. The van der Waals surface area contributed by atoms with Crippen molar-refractivity contribution in [2.45, 2.75) is 24.3 Å². The van der Waals surface area contributed by atoms with Gasteiger partial charge in [0.25, 0.3) is 0 Å². The fraction of sp³-hybridized carbons (Fsp3) is 0.300. The molecule has 0 unspecified atom stereocenters. The molecule has 0 aromatic heterocycles. The molecule has 6 heteroatoms. The van der Waals surface area contributed by atoms with Crippen LogP contribution in [0.1, 0.15) is 12.0 Å². The van der Waals surface area contributed by atoms with Crippen molar-refractivity contribution in [2.24, 2.45) is 0 Å². The van der Waals surface area contributed by atoms with Crippen molar-refractivity contribution < 1.29 is 23.4 Å². The predicted octanol–water partition coefficient (Wildman–Crippen LogP) is 2.59. The van der Waals surface area contributed by atoms with Gasteiger partial charge in [0.15, 0.2) is 0 Å². The van der Waals surface area contributed by atoms with Crippen LogP contribution in [0.2, 0.25) is 0 Å². The number of alkyl halides is 2. The number of rotatable bonds is 5. The first-order chi connectivity index (χ1) is 7.49. The van der Waals surface area contributed by atoms with Gasteiger partial charge in [0.1, 0.15) is 5.75 Å². The fourth-order valence-corrected chi connectivity index (χ4v) is 1.46. The van der Waals surface area contributed by atoms with E-state index in [0.717, 1.165) is 0 Å². The third kappa shape index (κ3) is 4.06. The third-order valence-electron chi connectivity index (χ3n) is 1.87. The molecule has 16 heavy (non-hydrogen) atoms. The van der Waals surface area contributed by atoms with E-state index in [1.165, 1.54) is 12.1 Å². The van der Waals surface area contributed by atoms with Crippen LogP contribution in [0.4, 0.5) is 8.78 Å². The van der Waals surface area contributed by atoms with Crippen LogP contribution in [0.3, 0.4) is 0 Å². The lowest BCUT2D eigenvalue weighted by atomic mass is 10.1. The van der Waals surface area contributed by atoms with Gasteiger partial charge in [0.05, 0.1) is 0 Å². The molecule has 1 N–H and O–H groups in total. The maximum Gasteiger partial charge on any atom is 0.387 e. The molecule has 0 saturated carbocycles. The minimum atomic E-state index is -2.89. The summed E-state index contributed by atoms with van der Waals surface area (Å²) < 4.78 is 28.0. The summed E-state index contributed by atoms with van der Waals surface area (Å²) in [5.74, 6) is -0.925. The smallest absolute Gasteiger partial charge is 0.387 e. The number of carboxylic acid groups (broad SMARTS) is 1. The molecule has 1 aromatic carbocycles. The topological polar surface area (TPSA) is 46.5 Å². The quantitative estimate of drug-likeness (QED) is 0.787. The maximum atomic E-state index is 11.9. The van der Waals surface area contributed by atoms with Gasteiger partial charge in [0.2, 0.25) is 0 Å². The summed E-state index contributed by atoms with van der Waals surface area (Å²) >= 11 is 3.98. The molecule has 0 aliphatic carbocycles. The molecule has 0 spiro atoms. The Morgan fingerprint density at radius 1 is 1.50 bits per heavy atom. The highest BCUT2D eigenvalue weighted by atomic mass is 32.1. The Morgan fingerprint density at radius 3 is 2.69 bits per heavy atom. The monoisotopic (exact) mass is 248 g/mol. The van der Waals surface area contributed by atoms with Gasteiger partial charge in [-0.15, -0.1) is 12.6 Å². The highest BCUT2D eigenvalue weighted by Gasteiger charge is 2.08. The van der Waals surface area contributed by atoms with Gasteiger partial charge < -0.3 is 9.84 Å². The van der Waals surface area contributed by atoms with Crippen molar-refractivity contribution in [3.05, 3.63) is 23.8 Å². The molecule has 0 heterocycles.